The Morgan fingerprint density at radius 1 is 0.484 bits per heavy atom. The highest BCUT2D eigenvalue weighted by molar-refractivity contribution is 8.00. The van der Waals surface area contributed by atoms with Gasteiger partial charge in [-0.3, -0.25) is 33.6 Å². The van der Waals surface area contributed by atoms with E-state index in [1.165, 1.54) is 41.7 Å². The van der Waals surface area contributed by atoms with Crippen molar-refractivity contribution >= 4 is 94.6 Å². The summed E-state index contributed by atoms with van der Waals surface area (Å²) in [5.41, 5.74) is 4.31. The van der Waals surface area contributed by atoms with E-state index in [2.05, 4.69) is 47.9 Å². The molecule has 17 N–H and O–H groups in total. The van der Waals surface area contributed by atoms with Crippen LogP contribution in [0, 0.1) is 0 Å². The minimum atomic E-state index is -2.55. The zero-order valence-electron chi connectivity index (χ0n) is 71.5. The van der Waals surface area contributed by atoms with Gasteiger partial charge in [-0.15, -0.1) is 0 Å². The van der Waals surface area contributed by atoms with Crippen LogP contribution in [0.1, 0.15) is 107 Å². The van der Waals surface area contributed by atoms with Gasteiger partial charge in [-0.25, -0.2) is 14.4 Å². The molecule has 4 heterocycles. The Bertz CT molecular complexity index is 4330. The van der Waals surface area contributed by atoms with E-state index >= 15 is 0 Å². The number of aliphatic hydroxyl groups is 6. The lowest BCUT2D eigenvalue weighted by molar-refractivity contribution is -0.310. The Morgan fingerprint density at radius 2 is 0.914 bits per heavy atom. The predicted octanol–water partition coefficient (Wildman–Crippen LogP) is 2.24. The number of amides is 9. The Morgan fingerprint density at radius 3 is 1.38 bits per heavy atom. The number of urea groups is 1. The van der Waals surface area contributed by atoms with Crippen molar-refractivity contribution in [1.29, 1.82) is 0 Å². The van der Waals surface area contributed by atoms with Gasteiger partial charge < -0.3 is 136 Å². The molecule has 0 bridgehead atoms. The number of fused-ring (bicyclic) bond motifs is 1. The second-order valence-corrected chi connectivity index (χ2v) is 34.4. The van der Waals surface area contributed by atoms with E-state index in [9.17, 15) is 88.8 Å². The van der Waals surface area contributed by atoms with Gasteiger partial charge in [-0.05, 0) is 102 Å². The van der Waals surface area contributed by atoms with Crippen molar-refractivity contribution in [1.82, 2.24) is 47.9 Å². The van der Waals surface area contributed by atoms with E-state index in [1.54, 1.807) is 48.5 Å². The molecule has 4 aliphatic rings. The summed E-state index contributed by atoms with van der Waals surface area (Å²) < 4.78 is 57.7. The van der Waals surface area contributed by atoms with Gasteiger partial charge in [-0.2, -0.15) is 35.3 Å². The van der Waals surface area contributed by atoms with Crippen molar-refractivity contribution in [3.8, 4) is 28.0 Å². The van der Waals surface area contributed by atoms with Gasteiger partial charge in [0.1, 0.15) is 36.8 Å². The number of unbranched alkanes of at least 4 members (excludes halogenated alkanes) is 1. The van der Waals surface area contributed by atoms with E-state index in [4.69, 9.17) is 47.4 Å². The van der Waals surface area contributed by atoms with Gasteiger partial charge in [0.2, 0.25) is 17.7 Å². The molecule has 702 valence electrons. The van der Waals surface area contributed by atoms with E-state index in [-0.39, 0.29) is 124 Å². The lowest BCUT2D eigenvalue weighted by atomic mass is 9.88. The number of aliphatic hydroxyl groups excluding tert-OH is 6. The van der Waals surface area contributed by atoms with Crippen LogP contribution in [0.25, 0.3) is 22.3 Å². The number of hydrogen-bond acceptors (Lipinski definition) is 29. The van der Waals surface area contributed by atoms with E-state index < -0.39 is 146 Å². The number of ether oxygens (including phenoxy) is 10. The van der Waals surface area contributed by atoms with Crippen molar-refractivity contribution in [3.63, 3.8) is 0 Å². The van der Waals surface area contributed by atoms with Gasteiger partial charge in [-0.1, -0.05) is 91.3 Å². The highest BCUT2D eigenvalue weighted by Gasteiger charge is 2.58. The van der Waals surface area contributed by atoms with E-state index in [0.29, 0.717) is 80.9 Å². The Labute approximate surface area is 754 Å². The average molecular weight is 1850 g/mol. The summed E-state index contributed by atoms with van der Waals surface area (Å²) in [5.74, 6) is -9.52. The number of thioether (sulfide) groups is 3. The summed E-state index contributed by atoms with van der Waals surface area (Å²) in [5, 5.41) is 114. The van der Waals surface area contributed by atoms with Crippen LogP contribution in [-0.4, -0.2) is 337 Å². The third kappa shape index (κ3) is 32.4. The maximum Gasteiger partial charge on any atom is 0.364 e. The molecule has 40 heteroatoms. The summed E-state index contributed by atoms with van der Waals surface area (Å²) in [4.78, 5) is 128. The SMILES string of the molecule is CC(=O)N[C@@H]1[C@@H](O)C[C@](OCCCSCCNC(=O)c2ccc(C(=O)NCCSCCCO[C@]3(C(=O)O)C[C@H](O)[C@@H](NC(C)=O)[C@H](C(O)[C@H](O)CNC(=O)c4ccc(-c5ccccc5)cc4)O3)c(OCCOCCOCCOCCOCCOCCNC(=O)CCCCC3SCC4NC(=O)NC43)c2)(C(=O)O)O[C@H]1C(O)[C@H](O)CNC(=O)c1ccc(-c2ccccc2)cc1. The van der Waals surface area contributed by atoms with Crippen LogP contribution in [0.3, 0.4) is 0 Å². The molecule has 5 aromatic rings. The number of nitrogens with one attached hydrogen (secondary N) is 9. The first kappa shape index (κ1) is 103. The van der Waals surface area contributed by atoms with Crippen LogP contribution in [-0.2, 0) is 66.6 Å². The maximum absolute atomic E-state index is 13.9. The molecular weight excluding hydrogens is 1730 g/mol. The molecule has 4 aliphatic heterocycles. The molecule has 5 aromatic carbocycles. The smallest absolute Gasteiger partial charge is 0.364 e. The summed E-state index contributed by atoms with van der Waals surface area (Å²) in [6.07, 6.45) is -12.1. The van der Waals surface area contributed by atoms with Crippen molar-refractivity contribution in [2.24, 2.45) is 0 Å². The Kier molecular flexibility index (Phi) is 43.2. The van der Waals surface area contributed by atoms with Gasteiger partial charge in [0.05, 0.1) is 133 Å². The summed E-state index contributed by atoms with van der Waals surface area (Å²) in [6, 6.07) is 34.0. The van der Waals surface area contributed by atoms with Crippen molar-refractivity contribution in [2.45, 2.75) is 155 Å². The molecule has 0 aliphatic carbocycles. The first-order valence-electron chi connectivity index (χ1n) is 42.7. The quantitative estimate of drug-likeness (QED) is 0.0196. The minimum absolute atomic E-state index is 0.0253. The first-order chi connectivity index (χ1) is 61.7. The predicted molar refractivity (Wildman–Crippen MR) is 473 cm³/mol. The summed E-state index contributed by atoms with van der Waals surface area (Å²) in [7, 11) is 0. The molecule has 5 unspecified atom stereocenters. The van der Waals surface area contributed by atoms with Crippen molar-refractivity contribution in [3.05, 3.63) is 150 Å². The number of carbonyl (C=O) groups excluding carboxylic acids is 8. The molecule has 9 rings (SSSR count). The van der Waals surface area contributed by atoms with Gasteiger partial charge >= 0.3 is 18.0 Å². The van der Waals surface area contributed by atoms with Crippen LogP contribution in [0.5, 0.6) is 5.75 Å². The van der Waals surface area contributed by atoms with Crippen LogP contribution >= 0.6 is 35.3 Å². The van der Waals surface area contributed by atoms with Gasteiger partial charge in [0.25, 0.3) is 35.2 Å². The van der Waals surface area contributed by atoms with Crippen LogP contribution in [0.2, 0.25) is 0 Å². The molecule has 15 atom stereocenters. The number of benzene rings is 5. The molecule has 37 nitrogen and oxygen atoms in total. The van der Waals surface area contributed by atoms with Gasteiger partial charge in [0, 0.05) is 105 Å². The molecule has 0 aromatic heterocycles. The molecule has 4 saturated heterocycles. The normalized spacial score (nSPS) is 22.1. The fourth-order valence-corrected chi connectivity index (χ4v) is 17.6. The third-order valence-corrected chi connectivity index (χ3v) is 24.8. The first-order valence-corrected chi connectivity index (χ1v) is 46.0. The second kappa shape index (κ2) is 53.9. The third-order valence-electron chi connectivity index (χ3n) is 21.2. The van der Waals surface area contributed by atoms with Crippen LogP contribution in [0.15, 0.2) is 127 Å². The number of carboxylic acids is 2. The lowest BCUT2D eigenvalue weighted by Crippen LogP contribution is -2.68. The van der Waals surface area contributed by atoms with Crippen molar-refractivity contribution in [2.75, 3.05) is 147 Å². The largest absolute Gasteiger partial charge is 0.490 e. The zero-order valence-corrected chi connectivity index (χ0v) is 74.0. The second-order valence-electron chi connectivity index (χ2n) is 30.7. The molecule has 128 heavy (non-hydrogen) atoms. The molecule has 9 amide bonds. The minimum Gasteiger partial charge on any atom is -0.490 e. The highest BCUT2D eigenvalue weighted by Crippen LogP contribution is 2.37. The Balaban J connectivity index is 0.690. The summed E-state index contributed by atoms with van der Waals surface area (Å²) >= 11 is 4.62. The monoisotopic (exact) mass is 1850 g/mol. The molecular formula is C88H119N9O28S3. The van der Waals surface area contributed by atoms with Gasteiger partial charge in [0.15, 0.2) is 0 Å². The number of aliphatic carboxylic acids is 2. The number of carbonyl (C=O) groups is 10. The maximum atomic E-state index is 13.9. The van der Waals surface area contributed by atoms with E-state index in [1.807, 2.05) is 72.4 Å². The fourth-order valence-electron chi connectivity index (χ4n) is 14.5. The average Bonchev–Trinajstić information content (AvgIpc) is 0.851. The number of carboxylic acid groups (broad SMARTS) is 2. The van der Waals surface area contributed by atoms with Crippen molar-refractivity contribution < 1.29 is 136 Å². The molecule has 0 spiro atoms. The number of hydrogen-bond donors (Lipinski definition) is 17. The van der Waals surface area contributed by atoms with E-state index in [0.717, 1.165) is 61.1 Å². The standard InChI is InChI=1S/C88H119N9O28S3/c1-55(98)94-74-66(100)50-87(84(111)112,124-78(74)76(105)68(102)52-92-80(107)61-23-19-59(20-24-61)57-13-5-3-6-14-57)122-32-11-45-126-47-30-90-82(109)63-27-28-64(70(49-63)121-44-43-120-42-41-119-40-39-118-38-37-117-36-35-116-34-29-89-72(104)18-10-9-17-71-73-65(54-128-71)96-86(115)97-73)83(110)91-31-48-127-46-12-33-123-88(85(113)114)51-67(101)75(95-56(2)99)79(125-88)77(106)69(103)53-93-81(108)62-25-21-60(22-26-62)58-15-7-4-8-16-58/h3-8,13-16,19-28,49,65-69,71,73-79,100-103,105-106H,9-12,17-18,29-48,50-54H2,1-2H3,(H,89,104)(H,90,109)(H,91,110)(H,92,107)(H,93,108)(H,94,98)(H,95,99)(H,111,112)(H,113,114)(H2,96,97,115)/t65?,66-,67-,68+,69+,71?,73?,74+,75+,76?,77?,78+,79+,87+,88+/m0/s1. The van der Waals surface area contributed by atoms with Crippen LogP contribution < -0.4 is 52.6 Å². The number of rotatable bonds is 58. The molecule has 0 saturated carbocycles. The highest BCUT2D eigenvalue weighted by atomic mass is 32.2. The van der Waals surface area contributed by atoms with Crippen LogP contribution in [0.4, 0.5) is 4.79 Å². The Hall–Kier alpha value is -9.15. The topological polar surface area (TPSA) is 533 Å². The zero-order chi connectivity index (χ0) is 91.8. The summed E-state index contributed by atoms with van der Waals surface area (Å²) in [6.45, 7) is 4.14. The lowest BCUT2D eigenvalue weighted by Gasteiger charge is -2.46. The fraction of sp³-hybridized carbons (Fsp3) is 0.545. The molecule has 0 radical (unpaired) electrons. The molecule has 4 fully saturated rings.